The molecular weight excluding hydrogens is 142 g/mol. The summed E-state index contributed by atoms with van der Waals surface area (Å²) in [5, 5.41) is 10.1. The SMILES string of the molecule is CC(C)=C(C)/C(C#N)=C\S. The topological polar surface area (TPSA) is 23.8 Å². The average Bonchev–Trinajstić information content (AvgIpc) is 1.90. The molecule has 0 atom stereocenters. The molecular formula is C8H11NS. The summed E-state index contributed by atoms with van der Waals surface area (Å²) in [4.78, 5) is 0. The van der Waals surface area contributed by atoms with Gasteiger partial charge < -0.3 is 0 Å². The van der Waals surface area contributed by atoms with E-state index in [2.05, 4.69) is 18.7 Å². The fourth-order valence-corrected chi connectivity index (χ4v) is 0.730. The van der Waals surface area contributed by atoms with Crippen molar-refractivity contribution < 1.29 is 0 Å². The van der Waals surface area contributed by atoms with Gasteiger partial charge in [0.1, 0.15) is 0 Å². The maximum Gasteiger partial charge on any atom is 0.0999 e. The highest BCUT2D eigenvalue weighted by molar-refractivity contribution is 7.83. The Morgan fingerprint density at radius 1 is 1.40 bits per heavy atom. The zero-order valence-electron chi connectivity index (χ0n) is 6.47. The third-order valence-corrected chi connectivity index (χ3v) is 1.66. The second-order valence-corrected chi connectivity index (χ2v) is 2.54. The molecule has 0 fully saturated rings. The maximum absolute atomic E-state index is 8.54. The minimum Gasteiger partial charge on any atom is -0.192 e. The molecule has 1 nitrogen and oxygen atoms in total. The lowest BCUT2D eigenvalue weighted by Crippen LogP contribution is -1.82. The largest absolute Gasteiger partial charge is 0.192 e. The van der Waals surface area contributed by atoms with Crippen molar-refractivity contribution >= 4 is 12.6 Å². The van der Waals surface area contributed by atoms with Gasteiger partial charge in [-0.25, -0.2) is 0 Å². The smallest absolute Gasteiger partial charge is 0.0999 e. The number of hydrogen-bond donors (Lipinski definition) is 1. The molecule has 0 saturated carbocycles. The molecule has 0 radical (unpaired) electrons. The molecule has 0 aromatic heterocycles. The van der Waals surface area contributed by atoms with E-state index in [9.17, 15) is 0 Å². The van der Waals surface area contributed by atoms with Gasteiger partial charge in [0, 0.05) is 0 Å². The molecule has 0 aliphatic heterocycles. The van der Waals surface area contributed by atoms with Crippen LogP contribution in [0.3, 0.4) is 0 Å². The van der Waals surface area contributed by atoms with Crippen LogP contribution in [0.1, 0.15) is 20.8 Å². The number of nitrogens with zero attached hydrogens (tertiary/aromatic N) is 1. The van der Waals surface area contributed by atoms with Crippen LogP contribution in [0, 0.1) is 11.3 Å². The highest BCUT2D eigenvalue weighted by atomic mass is 32.1. The van der Waals surface area contributed by atoms with Crippen molar-refractivity contribution in [2.75, 3.05) is 0 Å². The lowest BCUT2D eigenvalue weighted by atomic mass is 10.1. The quantitative estimate of drug-likeness (QED) is 0.349. The van der Waals surface area contributed by atoms with Crippen molar-refractivity contribution in [3.8, 4) is 6.07 Å². The summed E-state index contributed by atoms with van der Waals surface area (Å²) in [5.74, 6) is 0. The average molecular weight is 153 g/mol. The van der Waals surface area contributed by atoms with E-state index in [0.29, 0.717) is 5.57 Å². The van der Waals surface area contributed by atoms with Crippen molar-refractivity contribution in [3.63, 3.8) is 0 Å². The third kappa shape index (κ3) is 2.28. The van der Waals surface area contributed by atoms with E-state index in [1.165, 1.54) is 5.41 Å². The maximum atomic E-state index is 8.54. The van der Waals surface area contributed by atoms with Crippen LogP contribution in [-0.4, -0.2) is 0 Å². The van der Waals surface area contributed by atoms with Crippen molar-refractivity contribution in [1.82, 2.24) is 0 Å². The minimum absolute atomic E-state index is 0.642. The van der Waals surface area contributed by atoms with Crippen molar-refractivity contribution in [1.29, 1.82) is 5.26 Å². The van der Waals surface area contributed by atoms with Gasteiger partial charge in [-0.3, -0.25) is 0 Å². The van der Waals surface area contributed by atoms with Gasteiger partial charge in [0.05, 0.1) is 11.6 Å². The molecule has 0 amide bonds. The van der Waals surface area contributed by atoms with Crippen LogP contribution in [-0.2, 0) is 0 Å². The molecule has 0 unspecified atom stereocenters. The van der Waals surface area contributed by atoms with E-state index in [-0.39, 0.29) is 0 Å². The summed E-state index contributed by atoms with van der Waals surface area (Å²) < 4.78 is 0. The van der Waals surface area contributed by atoms with Crippen LogP contribution in [0.25, 0.3) is 0 Å². The second kappa shape index (κ2) is 4.19. The monoisotopic (exact) mass is 153 g/mol. The van der Waals surface area contributed by atoms with Crippen LogP contribution in [0.15, 0.2) is 22.1 Å². The van der Waals surface area contributed by atoms with Crippen molar-refractivity contribution in [3.05, 3.63) is 22.1 Å². The number of rotatable bonds is 1. The van der Waals surface area contributed by atoms with Gasteiger partial charge in [0.2, 0.25) is 0 Å². The van der Waals surface area contributed by atoms with E-state index < -0.39 is 0 Å². The zero-order valence-corrected chi connectivity index (χ0v) is 7.37. The molecule has 0 bridgehead atoms. The first-order chi connectivity index (χ1) is 4.63. The lowest BCUT2D eigenvalue weighted by Gasteiger charge is -1.98. The Kier molecular flexibility index (Phi) is 3.90. The highest BCUT2D eigenvalue weighted by Gasteiger charge is 1.97. The van der Waals surface area contributed by atoms with Gasteiger partial charge in [-0.2, -0.15) is 17.9 Å². The lowest BCUT2D eigenvalue weighted by molar-refractivity contribution is 1.26. The summed E-state index contributed by atoms with van der Waals surface area (Å²) in [6.45, 7) is 5.87. The second-order valence-electron chi connectivity index (χ2n) is 2.28. The fourth-order valence-electron chi connectivity index (χ4n) is 0.479. The molecule has 10 heavy (non-hydrogen) atoms. The summed E-state index contributed by atoms with van der Waals surface area (Å²) in [6, 6.07) is 2.06. The minimum atomic E-state index is 0.642. The molecule has 0 saturated heterocycles. The van der Waals surface area contributed by atoms with E-state index >= 15 is 0 Å². The number of thiol groups is 1. The van der Waals surface area contributed by atoms with Crippen LogP contribution in [0.2, 0.25) is 0 Å². The molecule has 0 aliphatic carbocycles. The van der Waals surface area contributed by atoms with Crippen LogP contribution >= 0.6 is 12.6 Å². The van der Waals surface area contributed by atoms with E-state index in [1.54, 1.807) is 0 Å². The van der Waals surface area contributed by atoms with Gasteiger partial charge in [-0.1, -0.05) is 5.57 Å². The molecule has 0 aliphatic rings. The molecule has 0 heterocycles. The molecule has 0 aromatic carbocycles. The fraction of sp³-hybridized carbons (Fsp3) is 0.375. The Bertz CT molecular complexity index is 214. The number of nitriles is 1. The molecule has 54 valence electrons. The highest BCUT2D eigenvalue weighted by Crippen LogP contribution is 2.13. The first kappa shape index (κ1) is 9.32. The Morgan fingerprint density at radius 2 is 1.90 bits per heavy atom. The molecule has 2 heteroatoms. The van der Waals surface area contributed by atoms with Gasteiger partial charge in [-0.15, -0.1) is 0 Å². The molecule has 0 spiro atoms. The van der Waals surface area contributed by atoms with Crippen LogP contribution < -0.4 is 0 Å². The van der Waals surface area contributed by atoms with Gasteiger partial charge >= 0.3 is 0 Å². The summed E-state index contributed by atoms with van der Waals surface area (Å²) in [6.07, 6.45) is 0. The standard InChI is InChI=1S/C8H11NS/c1-6(2)7(3)8(4-9)5-10/h5,10H,1-3H3/b8-5-. The van der Waals surface area contributed by atoms with E-state index in [4.69, 9.17) is 5.26 Å². The number of hydrogen-bond acceptors (Lipinski definition) is 2. The van der Waals surface area contributed by atoms with E-state index in [1.807, 2.05) is 20.8 Å². The van der Waals surface area contributed by atoms with Gasteiger partial charge in [-0.05, 0) is 31.8 Å². The Hall–Kier alpha value is -0.680. The van der Waals surface area contributed by atoms with Crippen LogP contribution in [0.5, 0.6) is 0 Å². The van der Waals surface area contributed by atoms with Gasteiger partial charge in [0.25, 0.3) is 0 Å². The molecule has 0 aromatic rings. The Balaban J connectivity index is 4.70. The predicted molar refractivity (Wildman–Crippen MR) is 46.7 cm³/mol. The first-order valence-corrected chi connectivity index (χ1v) is 3.54. The summed E-state index contributed by atoms with van der Waals surface area (Å²) in [5.41, 5.74) is 2.81. The third-order valence-electron chi connectivity index (χ3n) is 1.40. The predicted octanol–water partition coefficient (Wildman–Crippen LogP) is 2.68. The normalized spacial score (nSPS) is 10.5. The van der Waals surface area contributed by atoms with E-state index in [0.717, 1.165) is 11.1 Å². The Morgan fingerprint density at radius 3 is 2.00 bits per heavy atom. The van der Waals surface area contributed by atoms with Crippen molar-refractivity contribution in [2.24, 2.45) is 0 Å². The molecule has 0 N–H and O–H groups in total. The summed E-state index contributed by atoms with van der Waals surface area (Å²) in [7, 11) is 0. The van der Waals surface area contributed by atoms with Gasteiger partial charge in [0.15, 0.2) is 0 Å². The Labute approximate surface area is 67.5 Å². The van der Waals surface area contributed by atoms with Crippen LogP contribution in [0.4, 0.5) is 0 Å². The number of allylic oxidation sites excluding steroid dienone is 3. The zero-order chi connectivity index (χ0) is 8.15. The van der Waals surface area contributed by atoms with Crippen molar-refractivity contribution in [2.45, 2.75) is 20.8 Å². The molecule has 0 rings (SSSR count). The first-order valence-electron chi connectivity index (χ1n) is 3.02. The summed E-state index contributed by atoms with van der Waals surface area (Å²) >= 11 is 3.91.